The van der Waals surface area contributed by atoms with E-state index >= 15 is 0 Å². The molecule has 1 aliphatic heterocycles. The molecule has 0 unspecified atom stereocenters. The smallest absolute Gasteiger partial charge is 0.251 e. The number of rotatable bonds is 5. The molecule has 1 fully saturated rings. The second-order valence-corrected chi connectivity index (χ2v) is 7.65. The number of nitrogens with zero attached hydrogens (tertiary/aromatic N) is 3. The first-order valence-electron chi connectivity index (χ1n) is 9.59. The third kappa shape index (κ3) is 4.76. The molecule has 1 aromatic heterocycles. The Hall–Kier alpha value is -2.18. The van der Waals surface area contributed by atoms with Gasteiger partial charge in [0.2, 0.25) is 0 Å². The van der Waals surface area contributed by atoms with Gasteiger partial charge < -0.3 is 10.1 Å². The predicted octanol–water partition coefficient (Wildman–Crippen LogP) is 2.83. The zero-order valence-corrected chi connectivity index (χ0v) is 16.9. The Morgan fingerprint density at radius 3 is 2.44 bits per heavy atom. The first-order valence-corrected chi connectivity index (χ1v) is 9.59. The van der Waals surface area contributed by atoms with Crippen LogP contribution in [0.15, 0.2) is 30.5 Å². The number of morpholine rings is 1. The number of carbonyl (C=O) groups is 1. The molecule has 3 rings (SSSR count). The number of carbonyl (C=O) groups excluding carboxylic acids is 1. The Balaban J connectivity index is 1.59. The molecule has 1 N–H and O–H groups in total. The van der Waals surface area contributed by atoms with Crippen LogP contribution >= 0.6 is 0 Å². The average molecular weight is 370 g/mol. The van der Waals surface area contributed by atoms with Gasteiger partial charge in [0.05, 0.1) is 24.4 Å². The van der Waals surface area contributed by atoms with Crippen LogP contribution in [0, 0.1) is 6.92 Å². The molecular formula is C21H30N4O2. The number of nitrogens with one attached hydrogen (secondary N) is 1. The van der Waals surface area contributed by atoms with Crippen molar-refractivity contribution >= 4 is 5.91 Å². The van der Waals surface area contributed by atoms with Crippen LogP contribution in [-0.2, 0) is 18.3 Å². The summed E-state index contributed by atoms with van der Waals surface area (Å²) in [5.74, 6) is -0.0640. The molecular weight excluding hydrogens is 340 g/mol. The van der Waals surface area contributed by atoms with E-state index in [0.29, 0.717) is 5.56 Å². The van der Waals surface area contributed by atoms with Crippen LogP contribution < -0.4 is 5.32 Å². The van der Waals surface area contributed by atoms with Crippen LogP contribution in [-0.4, -0.2) is 45.9 Å². The maximum Gasteiger partial charge on any atom is 0.251 e. The van der Waals surface area contributed by atoms with Gasteiger partial charge in [-0.15, -0.1) is 0 Å². The largest absolute Gasteiger partial charge is 0.373 e. The van der Waals surface area contributed by atoms with Crippen molar-refractivity contribution in [2.24, 2.45) is 7.05 Å². The highest BCUT2D eigenvalue weighted by Gasteiger charge is 2.22. The van der Waals surface area contributed by atoms with E-state index in [2.05, 4.69) is 29.2 Å². The molecule has 27 heavy (non-hydrogen) atoms. The predicted molar refractivity (Wildman–Crippen MR) is 106 cm³/mol. The van der Waals surface area contributed by atoms with E-state index in [1.54, 1.807) is 0 Å². The van der Waals surface area contributed by atoms with Gasteiger partial charge in [0.1, 0.15) is 0 Å². The van der Waals surface area contributed by atoms with E-state index in [1.165, 1.54) is 5.56 Å². The summed E-state index contributed by atoms with van der Waals surface area (Å²) in [4.78, 5) is 15.0. The Bertz CT molecular complexity index is 774. The minimum atomic E-state index is -0.0813. The van der Waals surface area contributed by atoms with Crippen molar-refractivity contribution in [3.05, 3.63) is 52.8 Å². The molecule has 0 spiro atoms. The van der Waals surface area contributed by atoms with Gasteiger partial charge in [-0.3, -0.25) is 14.4 Å². The molecule has 3 atom stereocenters. The lowest BCUT2D eigenvalue weighted by molar-refractivity contribution is -0.0704. The Morgan fingerprint density at radius 1 is 1.26 bits per heavy atom. The van der Waals surface area contributed by atoms with Gasteiger partial charge in [-0.05, 0) is 45.4 Å². The lowest BCUT2D eigenvalue weighted by Crippen LogP contribution is -2.44. The summed E-state index contributed by atoms with van der Waals surface area (Å²) in [6.45, 7) is 11.0. The normalized spacial score (nSPS) is 21.8. The van der Waals surface area contributed by atoms with Crippen LogP contribution in [0.25, 0.3) is 0 Å². The SMILES string of the molecule is Cc1c([C@@H](C)NC(=O)c2ccc(CN3C[C@@H](C)O[C@@H](C)C3)cc2)cnn1C. The number of aryl methyl sites for hydroxylation is 1. The van der Waals surface area contributed by atoms with Crippen LogP contribution in [0.2, 0.25) is 0 Å². The molecule has 2 aromatic rings. The molecule has 6 heteroatoms. The number of ether oxygens (including phenoxy) is 1. The number of amides is 1. The standard InChI is InChI=1S/C21H30N4O2/c1-14-11-25(12-15(2)27-14)13-18-6-8-19(9-7-18)21(26)23-16(3)20-10-22-24(5)17(20)4/h6-10,14-16H,11-13H2,1-5H3,(H,23,26)/t14-,15+,16-/m1/s1. The van der Waals surface area contributed by atoms with Crippen molar-refractivity contribution < 1.29 is 9.53 Å². The fraction of sp³-hybridized carbons (Fsp3) is 0.524. The highest BCUT2D eigenvalue weighted by atomic mass is 16.5. The molecule has 0 aliphatic carbocycles. The van der Waals surface area contributed by atoms with E-state index < -0.39 is 0 Å². The van der Waals surface area contributed by atoms with Crippen molar-refractivity contribution in [3.63, 3.8) is 0 Å². The molecule has 0 radical (unpaired) electrons. The summed E-state index contributed by atoms with van der Waals surface area (Å²) in [6.07, 6.45) is 2.33. The second-order valence-electron chi connectivity index (χ2n) is 7.65. The molecule has 6 nitrogen and oxygen atoms in total. The van der Waals surface area contributed by atoms with E-state index in [9.17, 15) is 4.79 Å². The highest BCUT2D eigenvalue weighted by Crippen LogP contribution is 2.18. The van der Waals surface area contributed by atoms with Crippen molar-refractivity contribution in [1.82, 2.24) is 20.0 Å². The topological polar surface area (TPSA) is 59.4 Å². The van der Waals surface area contributed by atoms with Gasteiger partial charge in [0.25, 0.3) is 5.91 Å². The van der Waals surface area contributed by atoms with Crippen LogP contribution in [0.1, 0.15) is 54.0 Å². The Morgan fingerprint density at radius 2 is 1.89 bits per heavy atom. The fourth-order valence-corrected chi connectivity index (χ4v) is 3.73. The first kappa shape index (κ1) is 19.6. The zero-order chi connectivity index (χ0) is 19.6. The van der Waals surface area contributed by atoms with Crippen LogP contribution in [0.5, 0.6) is 0 Å². The van der Waals surface area contributed by atoms with E-state index in [0.717, 1.165) is 30.9 Å². The summed E-state index contributed by atoms with van der Waals surface area (Å²) in [5.41, 5.74) is 3.99. The monoisotopic (exact) mass is 370 g/mol. The molecule has 1 saturated heterocycles. The van der Waals surface area contributed by atoms with Crippen molar-refractivity contribution in [3.8, 4) is 0 Å². The summed E-state index contributed by atoms with van der Waals surface area (Å²) in [6, 6.07) is 7.81. The lowest BCUT2D eigenvalue weighted by Gasteiger charge is -2.35. The number of benzene rings is 1. The van der Waals surface area contributed by atoms with Crippen molar-refractivity contribution in [2.45, 2.75) is 52.5 Å². The Labute approximate surface area is 161 Å². The minimum Gasteiger partial charge on any atom is -0.373 e. The highest BCUT2D eigenvalue weighted by molar-refractivity contribution is 5.94. The summed E-state index contributed by atoms with van der Waals surface area (Å²) >= 11 is 0. The summed E-state index contributed by atoms with van der Waals surface area (Å²) in [5, 5.41) is 7.31. The molecule has 0 saturated carbocycles. The van der Waals surface area contributed by atoms with E-state index in [1.807, 2.05) is 56.0 Å². The van der Waals surface area contributed by atoms with Crippen molar-refractivity contribution in [2.75, 3.05) is 13.1 Å². The third-order valence-corrected chi connectivity index (χ3v) is 5.20. The maximum atomic E-state index is 12.6. The third-order valence-electron chi connectivity index (χ3n) is 5.20. The van der Waals surface area contributed by atoms with Gasteiger partial charge in [-0.2, -0.15) is 5.10 Å². The van der Waals surface area contributed by atoms with Crippen molar-refractivity contribution in [1.29, 1.82) is 0 Å². The zero-order valence-electron chi connectivity index (χ0n) is 16.9. The van der Waals surface area contributed by atoms with Gasteiger partial charge in [0.15, 0.2) is 0 Å². The number of aromatic nitrogens is 2. The lowest BCUT2D eigenvalue weighted by atomic mass is 10.1. The van der Waals surface area contributed by atoms with E-state index in [4.69, 9.17) is 4.74 Å². The number of hydrogen-bond acceptors (Lipinski definition) is 4. The fourth-order valence-electron chi connectivity index (χ4n) is 3.73. The average Bonchev–Trinajstić information content (AvgIpc) is 2.94. The Kier molecular flexibility index (Phi) is 5.97. The van der Waals surface area contributed by atoms with Crippen LogP contribution in [0.4, 0.5) is 0 Å². The van der Waals surface area contributed by atoms with Gasteiger partial charge in [0, 0.05) is 43.5 Å². The molecule has 2 heterocycles. The minimum absolute atomic E-state index is 0.0640. The number of hydrogen-bond donors (Lipinski definition) is 1. The quantitative estimate of drug-likeness (QED) is 0.879. The molecule has 1 amide bonds. The molecule has 1 aromatic carbocycles. The molecule has 0 bridgehead atoms. The van der Waals surface area contributed by atoms with Crippen LogP contribution in [0.3, 0.4) is 0 Å². The molecule has 146 valence electrons. The maximum absolute atomic E-state index is 12.6. The summed E-state index contributed by atoms with van der Waals surface area (Å²) in [7, 11) is 1.90. The first-order chi connectivity index (χ1) is 12.8. The molecule has 1 aliphatic rings. The summed E-state index contributed by atoms with van der Waals surface area (Å²) < 4.78 is 7.61. The van der Waals surface area contributed by atoms with E-state index in [-0.39, 0.29) is 24.2 Å². The second kappa shape index (κ2) is 8.23. The van der Waals surface area contributed by atoms with Gasteiger partial charge >= 0.3 is 0 Å². The van der Waals surface area contributed by atoms with Gasteiger partial charge in [-0.25, -0.2) is 0 Å². The van der Waals surface area contributed by atoms with Gasteiger partial charge in [-0.1, -0.05) is 12.1 Å².